The van der Waals surface area contributed by atoms with Gasteiger partial charge in [0.2, 0.25) is 0 Å². The maximum Gasteiger partial charge on any atom is 0.326 e. The lowest BCUT2D eigenvalue weighted by molar-refractivity contribution is -0.141. The van der Waals surface area contributed by atoms with Gasteiger partial charge in [0.25, 0.3) is 0 Å². The van der Waals surface area contributed by atoms with Gasteiger partial charge >= 0.3 is 5.97 Å². The largest absolute Gasteiger partial charge is 0.497 e. The Morgan fingerprint density at radius 3 is 2.32 bits per heavy atom. The maximum absolute atomic E-state index is 12.1. The van der Waals surface area contributed by atoms with Crippen molar-refractivity contribution >= 4 is 17.6 Å². The number of methoxy groups -OCH3 is 1. The zero-order valence-electron chi connectivity index (χ0n) is 20.5. The minimum absolute atomic E-state index is 0.0452. The van der Waals surface area contributed by atoms with E-state index in [1.54, 1.807) is 11.7 Å². The van der Waals surface area contributed by atoms with Gasteiger partial charge in [0.15, 0.2) is 5.15 Å². The van der Waals surface area contributed by atoms with Gasteiger partial charge in [0.05, 0.1) is 12.8 Å². The fourth-order valence-corrected chi connectivity index (χ4v) is 4.33. The van der Waals surface area contributed by atoms with Crippen LogP contribution in [-0.4, -0.2) is 33.8 Å². The molecule has 3 aromatic rings. The van der Waals surface area contributed by atoms with Gasteiger partial charge in [0, 0.05) is 18.2 Å². The van der Waals surface area contributed by atoms with Crippen LogP contribution < -0.4 is 10.1 Å². The summed E-state index contributed by atoms with van der Waals surface area (Å²) >= 11 is 6.62. The topological polar surface area (TPSA) is 76.4 Å². The van der Waals surface area contributed by atoms with Crippen LogP contribution in [0.25, 0.3) is 11.4 Å². The maximum atomic E-state index is 12.1. The molecule has 0 bridgehead atoms. The van der Waals surface area contributed by atoms with E-state index >= 15 is 0 Å². The molecule has 0 amide bonds. The molecule has 34 heavy (non-hydrogen) atoms. The molecule has 2 aromatic carbocycles. The highest BCUT2D eigenvalue weighted by atomic mass is 35.5. The summed E-state index contributed by atoms with van der Waals surface area (Å²) in [5, 5.41) is 13.9. The van der Waals surface area contributed by atoms with Crippen molar-refractivity contribution in [3.8, 4) is 17.1 Å². The summed E-state index contributed by atoms with van der Waals surface area (Å²) in [6, 6.07) is 17.0. The Labute approximate surface area is 206 Å². The second-order valence-electron chi connectivity index (χ2n) is 9.52. The van der Waals surface area contributed by atoms with E-state index in [1.807, 2.05) is 49.4 Å². The summed E-state index contributed by atoms with van der Waals surface area (Å²) < 4.78 is 7.05. The molecule has 3 rings (SSSR count). The van der Waals surface area contributed by atoms with Crippen LogP contribution in [0.3, 0.4) is 0 Å². The predicted octanol–water partition coefficient (Wildman–Crippen LogP) is 5.99. The van der Waals surface area contributed by atoms with Gasteiger partial charge in [-0.3, -0.25) is 0 Å². The summed E-state index contributed by atoms with van der Waals surface area (Å²) in [7, 11) is 1.66. The first-order valence-corrected chi connectivity index (χ1v) is 11.9. The predicted molar refractivity (Wildman–Crippen MR) is 136 cm³/mol. The van der Waals surface area contributed by atoms with Crippen molar-refractivity contribution in [3.63, 3.8) is 0 Å². The van der Waals surface area contributed by atoms with Gasteiger partial charge in [-0.1, -0.05) is 81.8 Å². The van der Waals surface area contributed by atoms with Crippen LogP contribution in [0, 0.1) is 5.41 Å². The monoisotopic (exact) mass is 483 g/mol. The summed E-state index contributed by atoms with van der Waals surface area (Å²) in [6.45, 7) is 8.83. The third-order valence-electron chi connectivity index (χ3n) is 6.14. The third-order valence-corrected chi connectivity index (χ3v) is 6.44. The minimum Gasteiger partial charge on any atom is -0.497 e. The molecule has 0 saturated heterocycles. The summed E-state index contributed by atoms with van der Waals surface area (Å²) in [5.41, 5.74) is 2.66. The highest BCUT2D eigenvalue weighted by Gasteiger charge is 2.29. The number of aromatic nitrogens is 2. The number of hydrogen-bond donors (Lipinski definition) is 2. The first-order chi connectivity index (χ1) is 16.2. The van der Waals surface area contributed by atoms with Crippen molar-refractivity contribution in [2.24, 2.45) is 5.41 Å². The number of imidazole rings is 1. The highest BCUT2D eigenvalue weighted by Crippen LogP contribution is 2.32. The van der Waals surface area contributed by atoms with Crippen molar-refractivity contribution in [2.45, 2.75) is 59.2 Å². The fourth-order valence-electron chi connectivity index (χ4n) is 4.09. The number of carboxylic acids is 1. The second kappa shape index (κ2) is 11.1. The molecule has 1 heterocycles. The lowest BCUT2D eigenvalue weighted by Crippen LogP contribution is -2.42. The van der Waals surface area contributed by atoms with Crippen LogP contribution in [0.4, 0.5) is 0 Å². The second-order valence-corrected chi connectivity index (χ2v) is 9.88. The van der Waals surface area contributed by atoms with Crippen LogP contribution in [0.15, 0.2) is 54.6 Å². The molecule has 0 saturated carbocycles. The Morgan fingerprint density at radius 2 is 1.79 bits per heavy atom. The number of nitrogens with zero attached hydrogens (tertiary/aromatic N) is 2. The molecule has 6 nitrogen and oxygen atoms in total. The van der Waals surface area contributed by atoms with E-state index in [4.69, 9.17) is 16.3 Å². The number of carboxylic acid groups (broad SMARTS) is 1. The Kier molecular flexibility index (Phi) is 8.39. The quantitative estimate of drug-likeness (QED) is 0.370. The van der Waals surface area contributed by atoms with Crippen molar-refractivity contribution in [1.82, 2.24) is 14.9 Å². The smallest absolute Gasteiger partial charge is 0.326 e. The summed E-state index contributed by atoms with van der Waals surface area (Å²) in [6.07, 6.45) is 1.23. The average molecular weight is 484 g/mol. The zero-order valence-corrected chi connectivity index (χ0v) is 21.3. The van der Waals surface area contributed by atoms with E-state index in [1.165, 1.54) is 5.56 Å². The summed E-state index contributed by atoms with van der Waals surface area (Å²) in [4.78, 5) is 16.7. The van der Waals surface area contributed by atoms with Crippen molar-refractivity contribution < 1.29 is 14.6 Å². The summed E-state index contributed by atoms with van der Waals surface area (Å²) in [5.74, 6) is 0.493. The Balaban J connectivity index is 1.94. The van der Waals surface area contributed by atoms with Gasteiger partial charge in [0.1, 0.15) is 17.6 Å². The lowest BCUT2D eigenvalue weighted by Gasteiger charge is -2.32. The molecule has 2 N–H and O–H groups in total. The molecule has 2 unspecified atom stereocenters. The van der Waals surface area contributed by atoms with Crippen LogP contribution in [-0.2, 0) is 17.8 Å². The van der Waals surface area contributed by atoms with Gasteiger partial charge in [-0.15, -0.1) is 0 Å². The van der Waals surface area contributed by atoms with Gasteiger partial charge < -0.3 is 19.7 Å². The van der Waals surface area contributed by atoms with Crippen LogP contribution in [0.1, 0.15) is 51.4 Å². The number of nitrogens with one attached hydrogen (secondary N) is 1. The van der Waals surface area contributed by atoms with E-state index in [2.05, 4.69) is 43.2 Å². The van der Waals surface area contributed by atoms with Crippen LogP contribution in [0.5, 0.6) is 5.75 Å². The molecule has 0 aliphatic carbocycles. The molecule has 0 radical (unpaired) electrons. The Morgan fingerprint density at radius 1 is 1.15 bits per heavy atom. The third kappa shape index (κ3) is 5.99. The molecule has 7 heteroatoms. The van der Waals surface area contributed by atoms with Gasteiger partial charge in [-0.05, 0) is 36.0 Å². The number of aliphatic carboxylic acids is 1. The average Bonchev–Trinajstić information content (AvgIpc) is 3.13. The van der Waals surface area contributed by atoms with E-state index < -0.39 is 12.0 Å². The van der Waals surface area contributed by atoms with Crippen molar-refractivity contribution in [2.75, 3.05) is 7.11 Å². The van der Waals surface area contributed by atoms with Crippen molar-refractivity contribution in [3.05, 3.63) is 71.0 Å². The number of halogens is 1. The van der Waals surface area contributed by atoms with Gasteiger partial charge in [-0.2, -0.15) is 0 Å². The SMILES string of the molecule is CCC(C(=O)O)n1c(-c2ccccc2)nc(Cl)c1CNC(Cc1ccc(OC)cc1)C(C)(C)C. The van der Waals surface area contributed by atoms with E-state index in [-0.39, 0.29) is 11.5 Å². The van der Waals surface area contributed by atoms with Crippen molar-refractivity contribution in [1.29, 1.82) is 0 Å². The molecule has 0 spiro atoms. The molecule has 0 fully saturated rings. The number of ether oxygens (including phenoxy) is 1. The normalized spacial score (nSPS) is 13.5. The number of benzene rings is 2. The molecule has 1 aromatic heterocycles. The molecule has 0 aliphatic heterocycles. The number of hydrogen-bond acceptors (Lipinski definition) is 4. The molecule has 182 valence electrons. The van der Waals surface area contributed by atoms with Crippen LogP contribution in [0.2, 0.25) is 5.15 Å². The highest BCUT2D eigenvalue weighted by molar-refractivity contribution is 6.30. The number of carbonyl (C=O) groups is 1. The first-order valence-electron chi connectivity index (χ1n) is 11.6. The molecular weight excluding hydrogens is 450 g/mol. The van der Waals surface area contributed by atoms with Crippen LogP contribution >= 0.6 is 11.6 Å². The Hall–Kier alpha value is -2.83. The van der Waals surface area contributed by atoms with E-state index in [9.17, 15) is 9.90 Å². The molecule has 2 atom stereocenters. The molecule has 0 aliphatic rings. The minimum atomic E-state index is -0.902. The van der Waals surface area contributed by atoms with Gasteiger partial charge in [-0.25, -0.2) is 9.78 Å². The van der Waals surface area contributed by atoms with E-state index in [0.717, 1.165) is 17.7 Å². The Bertz CT molecular complexity index is 1090. The lowest BCUT2D eigenvalue weighted by atomic mass is 9.83. The standard InChI is InChI=1S/C27H34ClN3O3/c1-6-21(26(32)33)31-22(24(28)30-25(31)19-10-8-7-9-11-19)17-29-23(27(2,3)4)16-18-12-14-20(34-5)15-13-18/h7-15,21,23,29H,6,16-17H2,1-5H3,(H,32,33). The first kappa shape index (κ1) is 25.8. The zero-order chi connectivity index (χ0) is 24.9. The van der Waals surface area contributed by atoms with E-state index in [0.29, 0.717) is 29.6 Å². The fraction of sp³-hybridized carbons (Fsp3) is 0.407. The number of rotatable bonds is 10. The molecular formula is C27H34ClN3O3.